The number of allylic oxidation sites excluding steroid dienone is 4. The van der Waals surface area contributed by atoms with E-state index < -0.39 is 16.9 Å². The Balaban J connectivity index is 2.00. The Morgan fingerprint density at radius 1 is 0.958 bits per heavy atom. The zero-order chi connectivity index (χ0) is 35.8. The van der Waals surface area contributed by atoms with Gasteiger partial charge in [0.05, 0.1) is 8.80 Å². The molecule has 0 aliphatic heterocycles. The van der Waals surface area contributed by atoms with Crippen LogP contribution in [0.5, 0.6) is 5.75 Å². The van der Waals surface area contributed by atoms with Gasteiger partial charge in [-0.15, -0.1) is 0 Å². The van der Waals surface area contributed by atoms with Crippen LogP contribution in [0.4, 0.5) is 0 Å². The summed E-state index contributed by atoms with van der Waals surface area (Å²) in [7, 11) is -3.50. The molecular weight excluding hydrogens is 613 g/mol. The molecule has 1 atom stereocenters. The normalized spacial score (nSPS) is 20.2. The van der Waals surface area contributed by atoms with Gasteiger partial charge in [0.25, 0.3) is 0 Å². The molecule has 260 valence electrons. The van der Waals surface area contributed by atoms with Gasteiger partial charge in [0.2, 0.25) is 0 Å². The second-order valence-electron chi connectivity index (χ2n) is 18.9. The minimum absolute atomic E-state index is 0.0211. The lowest BCUT2D eigenvalue weighted by Gasteiger charge is -2.44. The van der Waals surface area contributed by atoms with Crippen molar-refractivity contribution in [3.8, 4) is 5.75 Å². The zero-order valence-electron chi connectivity index (χ0n) is 33.3. The van der Waals surface area contributed by atoms with E-state index >= 15 is 0 Å². The fourth-order valence-electron chi connectivity index (χ4n) is 9.78. The first-order valence-corrected chi connectivity index (χ1v) is 24.3. The van der Waals surface area contributed by atoms with Gasteiger partial charge in [0, 0.05) is 11.0 Å². The van der Waals surface area contributed by atoms with Crippen LogP contribution in [-0.4, -0.2) is 23.5 Å². The van der Waals surface area contributed by atoms with E-state index in [2.05, 4.69) is 146 Å². The second kappa shape index (κ2) is 12.4. The van der Waals surface area contributed by atoms with Crippen LogP contribution in [0.25, 0.3) is 11.6 Å². The molecule has 0 aromatic heterocycles. The first kappa shape index (κ1) is 36.9. The van der Waals surface area contributed by atoms with Gasteiger partial charge in [-0.05, 0) is 85.1 Å². The smallest absolute Gasteiger partial charge is 0.122 e. The number of benzene rings is 2. The average Bonchev–Trinajstić information content (AvgIpc) is 3.30. The summed E-state index contributed by atoms with van der Waals surface area (Å²) in [5.41, 5.74) is 11.6. The van der Waals surface area contributed by atoms with Gasteiger partial charge >= 0.3 is 0 Å². The van der Waals surface area contributed by atoms with Crippen LogP contribution in [0.1, 0.15) is 113 Å². The molecule has 0 bridgehead atoms. The predicted octanol–water partition coefficient (Wildman–Crippen LogP) is 9.64. The first-order valence-electron chi connectivity index (χ1n) is 18.9. The number of hydrogen-bond donors (Lipinski definition) is 0. The molecule has 0 fully saturated rings. The number of hydrogen-bond acceptors (Lipinski definition) is 1. The van der Waals surface area contributed by atoms with Crippen LogP contribution in [-0.2, 0) is 10.8 Å². The minimum Gasteiger partial charge on any atom is -0.489 e. The van der Waals surface area contributed by atoms with Crippen molar-refractivity contribution in [2.75, 3.05) is 6.61 Å². The van der Waals surface area contributed by atoms with Gasteiger partial charge in [-0.25, -0.2) is 0 Å². The highest BCUT2D eigenvalue weighted by molar-refractivity contribution is 6.95. The summed E-state index contributed by atoms with van der Waals surface area (Å²) < 4.78 is 7.03. The third kappa shape index (κ3) is 6.04. The quantitative estimate of drug-likeness (QED) is 0.200. The molecule has 2 aromatic rings. The Morgan fingerprint density at radius 2 is 1.60 bits per heavy atom. The molecule has 0 spiro atoms. The molecule has 1 nitrogen and oxygen atoms in total. The summed E-state index contributed by atoms with van der Waals surface area (Å²) >= 11 is 0. The highest BCUT2D eigenvalue weighted by atomic mass is 28.3. The van der Waals surface area contributed by atoms with E-state index in [-0.39, 0.29) is 21.7 Å². The largest absolute Gasteiger partial charge is 0.489 e. The van der Waals surface area contributed by atoms with Crippen molar-refractivity contribution in [1.82, 2.24) is 0 Å². The van der Waals surface area contributed by atoms with Crippen LogP contribution >= 0.6 is 0 Å². The molecule has 2 aromatic carbocycles. The fourth-order valence-corrected chi connectivity index (χ4v) is 17.2. The predicted molar refractivity (Wildman–Crippen MR) is 218 cm³/mol. The number of ether oxygens (including phenoxy) is 1. The van der Waals surface area contributed by atoms with Gasteiger partial charge < -0.3 is 4.74 Å². The van der Waals surface area contributed by atoms with Crippen LogP contribution < -0.4 is 25.5 Å². The molecule has 0 N–H and O–H groups in total. The fraction of sp³-hybridized carbons (Fsp3) is 0.556. The van der Waals surface area contributed by atoms with Crippen LogP contribution in [0.3, 0.4) is 0 Å². The van der Waals surface area contributed by atoms with E-state index in [1.807, 2.05) is 6.08 Å². The third-order valence-electron chi connectivity index (χ3n) is 12.0. The third-order valence-corrected chi connectivity index (χ3v) is 19.6. The summed E-state index contributed by atoms with van der Waals surface area (Å²) in [6.07, 6.45) is 9.66. The second-order valence-corrected chi connectivity index (χ2v) is 26.7. The van der Waals surface area contributed by atoms with Crippen molar-refractivity contribution >= 4 is 38.9 Å². The number of aryl methyl sites for hydroxylation is 1. The molecular formula is C45H66OSi2. The molecule has 0 saturated heterocycles. The Hall–Kier alpha value is -2.37. The standard InChI is InChI=1S/C45H66OSi2/c1-17-24-46-39-35(25-29(4)40(47(15)16)38(39)43(8,9)10)48(18-2,19-3)41-34-28-44(11,12)23-22-33(34)37-36(41)32-21-20-31(42(5,6)7)26-30(32)27-45(37,13)14/h17,20-21,25-28,41,47H,1,18-19,22-24H2,2-16H3. The van der Waals surface area contributed by atoms with E-state index in [0.717, 1.165) is 0 Å². The lowest BCUT2D eigenvalue weighted by Crippen LogP contribution is -2.55. The summed E-state index contributed by atoms with van der Waals surface area (Å²) in [5, 5.41) is 6.07. The Labute approximate surface area is 297 Å². The van der Waals surface area contributed by atoms with E-state index in [9.17, 15) is 0 Å². The lowest BCUT2D eigenvalue weighted by atomic mass is 9.72. The van der Waals surface area contributed by atoms with E-state index in [1.165, 1.54) is 57.8 Å². The molecule has 0 amide bonds. The molecule has 3 aliphatic rings. The van der Waals surface area contributed by atoms with Crippen molar-refractivity contribution in [2.24, 2.45) is 10.8 Å². The summed E-state index contributed by atoms with van der Waals surface area (Å²) in [6, 6.07) is 12.5. The maximum Gasteiger partial charge on any atom is 0.122 e. The molecule has 48 heavy (non-hydrogen) atoms. The Kier molecular flexibility index (Phi) is 9.57. The first-order chi connectivity index (χ1) is 22.1. The molecule has 1 unspecified atom stereocenters. The van der Waals surface area contributed by atoms with Crippen LogP contribution in [0.15, 0.2) is 59.7 Å². The summed E-state index contributed by atoms with van der Waals surface area (Å²) in [4.78, 5) is 0. The van der Waals surface area contributed by atoms with Crippen molar-refractivity contribution in [3.05, 3.63) is 86.8 Å². The molecule has 3 heteroatoms. The summed E-state index contributed by atoms with van der Waals surface area (Å²) in [6.45, 7) is 41.3. The number of fused-ring (bicyclic) bond motifs is 3. The Bertz CT molecular complexity index is 1810. The van der Waals surface area contributed by atoms with Gasteiger partial charge in [0.1, 0.15) is 20.4 Å². The average molecular weight is 679 g/mol. The molecule has 0 saturated carbocycles. The minimum atomic E-state index is -2.35. The van der Waals surface area contributed by atoms with Crippen LogP contribution in [0, 0.1) is 17.8 Å². The van der Waals surface area contributed by atoms with E-state index in [4.69, 9.17) is 4.74 Å². The maximum absolute atomic E-state index is 7.03. The lowest BCUT2D eigenvalue weighted by molar-refractivity contribution is 0.354. The van der Waals surface area contributed by atoms with E-state index in [1.54, 1.807) is 32.7 Å². The monoisotopic (exact) mass is 678 g/mol. The van der Waals surface area contributed by atoms with Gasteiger partial charge in [0.15, 0.2) is 0 Å². The van der Waals surface area contributed by atoms with Crippen molar-refractivity contribution in [3.63, 3.8) is 0 Å². The van der Waals surface area contributed by atoms with E-state index in [0.29, 0.717) is 12.1 Å². The number of rotatable bonds is 8. The van der Waals surface area contributed by atoms with Crippen molar-refractivity contribution in [1.29, 1.82) is 0 Å². The molecule has 0 heterocycles. The Morgan fingerprint density at radius 3 is 2.15 bits per heavy atom. The molecule has 5 rings (SSSR count). The van der Waals surface area contributed by atoms with Crippen molar-refractivity contribution < 1.29 is 4.74 Å². The van der Waals surface area contributed by atoms with Gasteiger partial charge in [-0.1, -0.05) is 168 Å². The van der Waals surface area contributed by atoms with Gasteiger partial charge in [-0.3, -0.25) is 0 Å². The highest BCUT2D eigenvalue weighted by Gasteiger charge is 2.54. The van der Waals surface area contributed by atoms with Gasteiger partial charge in [-0.2, -0.15) is 0 Å². The highest BCUT2D eigenvalue weighted by Crippen LogP contribution is 2.62. The molecule has 3 aliphatic carbocycles. The maximum atomic E-state index is 7.03. The zero-order valence-corrected chi connectivity index (χ0v) is 35.5. The van der Waals surface area contributed by atoms with Crippen LogP contribution in [0.2, 0.25) is 30.7 Å². The SMILES string of the molecule is C=CCOc1c([Si](CC)(CC)C2C3=CC(C)(C)CCC3=C3C2=c2ccc(C(C)(C)C)cc2=CC3(C)C)cc(C)c([SiH](C)C)c1C(C)(C)C. The summed E-state index contributed by atoms with van der Waals surface area (Å²) in [5.74, 6) is 1.20. The van der Waals surface area contributed by atoms with Crippen molar-refractivity contribution in [2.45, 2.75) is 144 Å². The topological polar surface area (TPSA) is 9.23 Å². The molecule has 0 radical (unpaired) electrons.